The summed E-state index contributed by atoms with van der Waals surface area (Å²) in [6, 6.07) is 13.7. The van der Waals surface area contributed by atoms with Crippen LogP contribution in [-0.4, -0.2) is 50.1 Å². The standard InChI is InChI=1S/C21H22N2O5S/c1-13(22-20(25)18-12-23(2)21(26)19(18)24)15-5-4-6-16(11-15)14-7-9-17(10-8-14)29(3,27)28/h4-11,13,24H,12H2,1-3H3,(H,22,25)/t13-/m1/s1. The lowest BCUT2D eigenvalue weighted by Crippen LogP contribution is -2.30. The topological polar surface area (TPSA) is 104 Å². The van der Waals surface area contributed by atoms with Crippen LogP contribution in [0.15, 0.2) is 64.8 Å². The summed E-state index contributed by atoms with van der Waals surface area (Å²) >= 11 is 0. The number of nitrogens with zero attached hydrogens (tertiary/aromatic N) is 1. The second kappa shape index (κ2) is 7.71. The molecule has 0 fully saturated rings. The molecule has 1 atom stereocenters. The molecule has 2 aromatic rings. The molecule has 1 aliphatic heterocycles. The monoisotopic (exact) mass is 414 g/mol. The van der Waals surface area contributed by atoms with E-state index in [1.165, 1.54) is 11.9 Å². The summed E-state index contributed by atoms with van der Waals surface area (Å²) in [5.41, 5.74) is 2.61. The summed E-state index contributed by atoms with van der Waals surface area (Å²) < 4.78 is 23.2. The molecule has 0 radical (unpaired) electrons. The number of aliphatic hydroxyl groups excluding tert-OH is 1. The van der Waals surface area contributed by atoms with Crippen molar-refractivity contribution in [1.82, 2.24) is 10.2 Å². The molecule has 1 heterocycles. The second-order valence-corrected chi connectivity index (χ2v) is 9.12. The van der Waals surface area contributed by atoms with Crippen molar-refractivity contribution in [2.45, 2.75) is 17.9 Å². The van der Waals surface area contributed by atoms with Crippen molar-refractivity contribution >= 4 is 21.7 Å². The number of aliphatic hydroxyl groups is 1. The highest BCUT2D eigenvalue weighted by molar-refractivity contribution is 7.90. The molecule has 0 aromatic heterocycles. The lowest BCUT2D eigenvalue weighted by molar-refractivity contribution is -0.126. The minimum absolute atomic E-state index is 0.0527. The maximum atomic E-state index is 12.5. The van der Waals surface area contributed by atoms with Crippen LogP contribution >= 0.6 is 0 Å². The van der Waals surface area contributed by atoms with Gasteiger partial charge in [0.1, 0.15) is 0 Å². The second-order valence-electron chi connectivity index (χ2n) is 7.11. The average Bonchev–Trinajstić information content (AvgIpc) is 2.95. The lowest BCUT2D eigenvalue weighted by Gasteiger charge is -2.16. The third-order valence-electron chi connectivity index (χ3n) is 4.85. The van der Waals surface area contributed by atoms with Crippen molar-refractivity contribution in [2.75, 3.05) is 19.8 Å². The van der Waals surface area contributed by atoms with Crippen molar-refractivity contribution in [2.24, 2.45) is 0 Å². The number of carbonyl (C=O) groups is 2. The predicted molar refractivity (Wildman–Crippen MR) is 109 cm³/mol. The van der Waals surface area contributed by atoms with Gasteiger partial charge in [0.15, 0.2) is 15.6 Å². The van der Waals surface area contributed by atoms with E-state index in [9.17, 15) is 23.1 Å². The number of hydrogen-bond acceptors (Lipinski definition) is 5. The fraction of sp³-hybridized carbons (Fsp3) is 0.238. The van der Waals surface area contributed by atoms with E-state index in [1.54, 1.807) is 24.3 Å². The molecule has 7 nitrogen and oxygen atoms in total. The summed E-state index contributed by atoms with van der Waals surface area (Å²) in [6.07, 6.45) is 1.16. The number of likely N-dealkylation sites (N-methyl/N-ethyl adjacent to an activating group) is 1. The fourth-order valence-electron chi connectivity index (χ4n) is 3.12. The Labute approximate surface area is 169 Å². The smallest absolute Gasteiger partial charge is 0.289 e. The van der Waals surface area contributed by atoms with Gasteiger partial charge in [-0.2, -0.15) is 0 Å². The van der Waals surface area contributed by atoms with E-state index in [4.69, 9.17) is 0 Å². The molecule has 0 spiro atoms. The molecule has 0 unspecified atom stereocenters. The highest BCUT2D eigenvalue weighted by Gasteiger charge is 2.32. The molecule has 8 heteroatoms. The number of hydrogen-bond donors (Lipinski definition) is 2. The minimum Gasteiger partial charge on any atom is -0.503 e. The molecule has 152 valence electrons. The molecular weight excluding hydrogens is 392 g/mol. The van der Waals surface area contributed by atoms with Gasteiger partial charge in [0.05, 0.1) is 23.1 Å². The van der Waals surface area contributed by atoms with E-state index in [2.05, 4.69) is 5.32 Å². The molecule has 29 heavy (non-hydrogen) atoms. The third kappa shape index (κ3) is 4.32. The number of amides is 2. The zero-order valence-corrected chi connectivity index (χ0v) is 17.2. The van der Waals surface area contributed by atoms with Crippen LogP contribution in [0.1, 0.15) is 18.5 Å². The molecule has 0 saturated heterocycles. The number of nitrogens with one attached hydrogen (secondary N) is 1. The van der Waals surface area contributed by atoms with Gasteiger partial charge in [0.2, 0.25) is 0 Å². The Morgan fingerprint density at radius 1 is 1.14 bits per heavy atom. The molecule has 2 aromatic carbocycles. The number of benzene rings is 2. The van der Waals surface area contributed by atoms with Crippen molar-refractivity contribution in [3.63, 3.8) is 0 Å². The first-order valence-corrected chi connectivity index (χ1v) is 10.9. The molecule has 0 bridgehead atoms. The van der Waals surface area contributed by atoms with Gasteiger partial charge in [-0.05, 0) is 41.8 Å². The van der Waals surface area contributed by atoms with Gasteiger partial charge in [-0.15, -0.1) is 0 Å². The fourth-order valence-corrected chi connectivity index (χ4v) is 3.75. The van der Waals surface area contributed by atoms with Crippen LogP contribution in [0.25, 0.3) is 11.1 Å². The van der Waals surface area contributed by atoms with Crippen LogP contribution in [0.2, 0.25) is 0 Å². The Morgan fingerprint density at radius 3 is 2.34 bits per heavy atom. The zero-order valence-electron chi connectivity index (χ0n) is 16.3. The van der Waals surface area contributed by atoms with Crippen molar-refractivity contribution in [1.29, 1.82) is 0 Å². The quantitative estimate of drug-likeness (QED) is 0.781. The highest BCUT2D eigenvalue weighted by Crippen LogP contribution is 2.25. The average molecular weight is 414 g/mol. The number of sulfone groups is 1. The molecule has 0 saturated carbocycles. The Bertz CT molecular complexity index is 1100. The first-order valence-electron chi connectivity index (χ1n) is 8.97. The Balaban J connectivity index is 1.79. The van der Waals surface area contributed by atoms with Crippen molar-refractivity contribution in [3.8, 4) is 11.1 Å². The summed E-state index contributed by atoms with van der Waals surface area (Å²) in [7, 11) is -1.74. The van der Waals surface area contributed by atoms with Gasteiger partial charge in [-0.25, -0.2) is 8.42 Å². The Hall–Kier alpha value is -3.13. The SMILES string of the molecule is C[C@@H](NC(=O)C1=C(O)C(=O)N(C)C1)c1cccc(-c2ccc(S(C)(=O)=O)cc2)c1. The van der Waals surface area contributed by atoms with Gasteiger partial charge in [0, 0.05) is 13.3 Å². The molecule has 2 N–H and O–H groups in total. The van der Waals surface area contributed by atoms with E-state index >= 15 is 0 Å². The predicted octanol–water partition coefficient (Wildman–Crippen LogP) is 2.22. The summed E-state index contributed by atoms with van der Waals surface area (Å²) in [6.45, 7) is 1.87. The first kappa shape index (κ1) is 20.6. The van der Waals surface area contributed by atoms with Crippen LogP contribution in [0.4, 0.5) is 0 Å². The van der Waals surface area contributed by atoms with Gasteiger partial charge in [-0.3, -0.25) is 9.59 Å². The van der Waals surface area contributed by atoms with E-state index < -0.39 is 27.4 Å². The van der Waals surface area contributed by atoms with Gasteiger partial charge >= 0.3 is 0 Å². The van der Waals surface area contributed by atoms with Crippen LogP contribution in [0, 0.1) is 0 Å². The van der Waals surface area contributed by atoms with Crippen LogP contribution in [0.3, 0.4) is 0 Å². The minimum atomic E-state index is -3.26. The molecule has 3 rings (SSSR count). The van der Waals surface area contributed by atoms with Gasteiger partial charge in [0.25, 0.3) is 11.8 Å². The van der Waals surface area contributed by atoms with Crippen LogP contribution in [-0.2, 0) is 19.4 Å². The van der Waals surface area contributed by atoms with E-state index in [0.29, 0.717) is 0 Å². The zero-order chi connectivity index (χ0) is 21.3. The lowest BCUT2D eigenvalue weighted by atomic mass is 10.00. The van der Waals surface area contributed by atoms with Crippen molar-refractivity contribution < 1.29 is 23.1 Å². The summed E-state index contributed by atoms with van der Waals surface area (Å²) in [4.78, 5) is 25.6. The normalized spacial score (nSPS) is 15.6. The van der Waals surface area contributed by atoms with Crippen molar-refractivity contribution in [3.05, 3.63) is 65.4 Å². The number of carbonyl (C=O) groups excluding carboxylic acids is 2. The maximum absolute atomic E-state index is 12.5. The van der Waals surface area contributed by atoms with Gasteiger partial charge < -0.3 is 15.3 Å². The number of rotatable bonds is 5. The largest absolute Gasteiger partial charge is 0.503 e. The first-order chi connectivity index (χ1) is 13.6. The van der Waals surface area contributed by atoms with E-state index in [1.807, 2.05) is 31.2 Å². The molecule has 2 amide bonds. The van der Waals surface area contributed by atoms with Gasteiger partial charge in [-0.1, -0.05) is 30.3 Å². The summed E-state index contributed by atoms with van der Waals surface area (Å²) in [5, 5.41) is 12.6. The Kier molecular flexibility index (Phi) is 5.48. The van der Waals surface area contributed by atoms with Crippen LogP contribution < -0.4 is 5.32 Å². The Morgan fingerprint density at radius 2 is 1.79 bits per heavy atom. The van der Waals surface area contributed by atoms with E-state index in [0.717, 1.165) is 22.9 Å². The highest BCUT2D eigenvalue weighted by atomic mass is 32.2. The summed E-state index contributed by atoms with van der Waals surface area (Å²) in [5.74, 6) is -1.57. The van der Waals surface area contributed by atoms with E-state index in [-0.39, 0.29) is 23.1 Å². The third-order valence-corrected chi connectivity index (χ3v) is 5.98. The van der Waals surface area contributed by atoms with Crippen LogP contribution in [0.5, 0.6) is 0 Å². The maximum Gasteiger partial charge on any atom is 0.289 e. The molecular formula is C21H22N2O5S. The molecule has 0 aliphatic carbocycles. The molecule has 1 aliphatic rings.